The fourth-order valence-corrected chi connectivity index (χ4v) is 9.77. The van der Waals surface area contributed by atoms with Gasteiger partial charge in [-0.2, -0.15) is 0 Å². The standard InChI is InChI=1S/C61H45N/c1-61(2)58-27-10-8-24-56(58)57-26-14-25-55(60(57)61)45-33-37-53(38-34-45)62(59-28-11-9-23-54(59)51-22-13-20-48(41-51)42-15-4-3-5-16-42)52-35-31-44(32-36-52)47-19-12-21-49(39-47)50-30-29-43-17-6-7-18-46(43)40-50/h3-41H,1-2H3. The summed E-state index contributed by atoms with van der Waals surface area (Å²) >= 11 is 0. The van der Waals surface area contributed by atoms with E-state index in [0.717, 1.165) is 17.1 Å². The van der Waals surface area contributed by atoms with Gasteiger partial charge in [0.2, 0.25) is 0 Å². The molecule has 1 aliphatic carbocycles. The van der Waals surface area contributed by atoms with Crippen molar-refractivity contribution >= 4 is 27.8 Å². The van der Waals surface area contributed by atoms with E-state index in [1.807, 2.05) is 0 Å². The smallest absolute Gasteiger partial charge is 0.0540 e. The van der Waals surface area contributed by atoms with Crippen molar-refractivity contribution in [1.29, 1.82) is 0 Å². The normalized spacial score (nSPS) is 12.5. The maximum absolute atomic E-state index is 2.42. The molecule has 0 spiro atoms. The van der Waals surface area contributed by atoms with E-state index in [-0.39, 0.29) is 5.41 Å². The Morgan fingerprint density at radius 3 is 1.50 bits per heavy atom. The van der Waals surface area contributed by atoms with E-state index in [1.54, 1.807) is 0 Å². The van der Waals surface area contributed by atoms with Crippen LogP contribution in [0.2, 0.25) is 0 Å². The molecule has 62 heavy (non-hydrogen) atoms. The van der Waals surface area contributed by atoms with Crippen molar-refractivity contribution < 1.29 is 0 Å². The van der Waals surface area contributed by atoms with Crippen LogP contribution in [0.3, 0.4) is 0 Å². The molecule has 1 heteroatoms. The Bertz CT molecular complexity index is 3250. The number of anilines is 3. The second-order valence-electron chi connectivity index (χ2n) is 16.9. The highest BCUT2D eigenvalue weighted by Crippen LogP contribution is 2.52. The quantitative estimate of drug-likeness (QED) is 0.148. The third kappa shape index (κ3) is 6.60. The van der Waals surface area contributed by atoms with Gasteiger partial charge in [0.25, 0.3) is 0 Å². The van der Waals surface area contributed by atoms with Crippen molar-refractivity contribution in [3.63, 3.8) is 0 Å². The minimum atomic E-state index is -0.100. The van der Waals surface area contributed by atoms with E-state index >= 15 is 0 Å². The predicted octanol–water partition coefficient (Wildman–Crippen LogP) is 17.0. The monoisotopic (exact) mass is 791 g/mol. The largest absolute Gasteiger partial charge is 0.310 e. The topological polar surface area (TPSA) is 3.24 Å². The molecule has 10 aromatic carbocycles. The molecule has 0 fully saturated rings. The Morgan fingerprint density at radius 2 is 0.758 bits per heavy atom. The lowest BCUT2D eigenvalue weighted by molar-refractivity contribution is 0.662. The van der Waals surface area contributed by atoms with Crippen LogP contribution in [0, 0.1) is 0 Å². The minimum absolute atomic E-state index is 0.100. The van der Waals surface area contributed by atoms with Gasteiger partial charge in [-0.15, -0.1) is 0 Å². The first-order valence-electron chi connectivity index (χ1n) is 21.6. The van der Waals surface area contributed by atoms with Crippen LogP contribution in [0.5, 0.6) is 0 Å². The van der Waals surface area contributed by atoms with E-state index in [2.05, 4.69) is 255 Å². The molecule has 0 atom stereocenters. The van der Waals surface area contributed by atoms with Crippen molar-refractivity contribution in [3.05, 3.63) is 248 Å². The van der Waals surface area contributed by atoms with Gasteiger partial charge in [0, 0.05) is 22.4 Å². The van der Waals surface area contributed by atoms with Crippen LogP contribution in [-0.4, -0.2) is 0 Å². The summed E-state index contributed by atoms with van der Waals surface area (Å²) in [7, 11) is 0. The van der Waals surface area contributed by atoms with Crippen molar-refractivity contribution in [1.82, 2.24) is 0 Å². The average molecular weight is 792 g/mol. The molecule has 294 valence electrons. The summed E-state index contributed by atoms with van der Waals surface area (Å²) in [4.78, 5) is 2.42. The van der Waals surface area contributed by atoms with Gasteiger partial charge in [-0.1, -0.05) is 202 Å². The summed E-state index contributed by atoms with van der Waals surface area (Å²) < 4.78 is 0. The van der Waals surface area contributed by atoms with Crippen molar-refractivity contribution in [2.75, 3.05) is 4.90 Å². The molecule has 0 amide bonds. The third-order valence-corrected chi connectivity index (χ3v) is 12.8. The average Bonchev–Trinajstić information content (AvgIpc) is 3.58. The number of nitrogens with zero attached hydrogens (tertiary/aromatic N) is 1. The van der Waals surface area contributed by atoms with E-state index in [1.165, 1.54) is 88.7 Å². The lowest BCUT2D eigenvalue weighted by Crippen LogP contribution is -2.16. The molecule has 0 radical (unpaired) electrons. The maximum atomic E-state index is 2.42. The van der Waals surface area contributed by atoms with Crippen LogP contribution in [0.1, 0.15) is 25.0 Å². The highest BCUT2D eigenvalue weighted by atomic mass is 15.1. The second kappa shape index (κ2) is 15.4. The van der Waals surface area contributed by atoms with Crippen LogP contribution in [0.15, 0.2) is 237 Å². The number of fused-ring (bicyclic) bond motifs is 4. The summed E-state index contributed by atoms with van der Waals surface area (Å²) in [5.41, 5.74) is 20.7. The minimum Gasteiger partial charge on any atom is -0.310 e. The molecule has 0 bridgehead atoms. The van der Waals surface area contributed by atoms with E-state index in [0.29, 0.717) is 0 Å². The van der Waals surface area contributed by atoms with Crippen LogP contribution in [0.25, 0.3) is 77.5 Å². The number of rotatable bonds is 8. The van der Waals surface area contributed by atoms with Crippen molar-refractivity contribution in [3.8, 4) is 66.8 Å². The summed E-state index contributed by atoms with van der Waals surface area (Å²) in [5.74, 6) is 0. The first-order chi connectivity index (χ1) is 30.5. The highest BCUT2D eigenvalue weighted by molar-refractivity contribution is 5.92. The summed E-state index contributed by atoms with van der Waals surface area (Å²) in [6.45, 7) is 4.73. The number of hydrogen-bond donors (Lipinski definition) is 0. The molecule has 0 aliphatic heterocycles. The fourth-order valence-electron chi connectivity index (χ4n) is 9.77. The first-order valence-corrected chi connectivity index (χ1v) is 21.6. The fraction of sp³-hybridized carbons (Fsp3) is 0.0492. The number of benzene rings is 10. The number of hydrogen-bond acceptors (Lipinski definition) is 1. The molecule has 0 saturated carbocycles. The van der Waals surface area contributed by atoms with Gasteiger partial charge in [0.15, 0.2) is 0 Å². The van der Waals surface area contributed by atoms with Gasteiger partial charge in [0.1, 0.15) is 0 Å². The second-order valence-corrected chi connectivity index (χ2v) is 16.9. The number of para-hydroxylation sites is 1. The molecule has 0 N–H and O–H groups in total. The first kappa shape index (κ1) is 37.3. The lowest BCUT2D eigenvalue weighted by Gasteiger charge is -2.29. The van der Waals surface area contributed by atoms with Gasteiger partial charge in [-0.25, -0.2) is 0 Å². The van der Waals surface area contributed by atoms with E-state index in [9.17, 15) is 0 Å². The molecule has 0 aromatic heterocycles. The van der Waals surface area contributed by atoms with Gasteiger partial charge in [0.05, 0.1) is 5.69 Å². The molecule has 0 saturated heterocycles. The van der Waals surface area contributed by atoms with Crippen LogP contribution < -0.4 is 4.90 Å². The molecule has 1 aliphatic rings. The Hall–Kier alpha value is -7.74. The van der Waals surface area contributed by atoms with Crippen molar-refractivity contribution in [2.24, 2.45) is 0 Å². The van der Waals surface area contributed by atoms with Gasteiger partial charge >= 0.3 is 0 Å². The van der Waals surface area contributed by atoms with Gasteiger partial charge in [-0.3, -0.25) is 0 Å². The molecule has 0 heterocycles. The van der Waals surface area contributed by atoms with E-state index < -0.39 is 0 Å². The Morgan fingerprint density at radius 1 is 0.290 bits per heavy atom. The maximum Gasteiger partial charge on any atom is 0.0540 e. The Labute approximate surface area is 364 Å². The Kier molecular flexibility index (Phi) is 9.24. The van der Waals surface area contributed by atoms with Crippen molar-refractivity contribution in [2.45, 2.75) is 19.3 Å². The third-order valence-electron chi connectivity index (χ3n) is 12.8. The summed E-state index contributed by atoms with van der Waals surface area (Å²) in [6, 6.07) is 86.5. The lowest BCUT2D eigenvalue weighted by atomic mass is 9.79. The van der Waals surface area contributed by atoms with Crippen LogP contribution in [0.4, 0.5) is 17.1 Å². The molecule has 10 aromatic rings. The van der Waals surface area contributed by atoms with Gasteiger partial charge < -0.3 is 4.90 Å². The summed E-state index contributed by atoms with van der Waals surface area (Å²) in [5, 5.41) is 2.51. The highest BCUT2D eigenvalue weighted by Gasteiger charge is 2.37. The molecular weight excluding hydrogens is 747 g/mol. The SMILES string of the molecule is CC1(C)c2ccccc2-c2cccc(-c3ccc(N(c4ccc(-c5cccc(-c6ccc7ccccc7c6)c5)cc4)c4ccccc4-c4cccc(-c5ccccc5)c4)cc3)c21. The molecule has 1 nitrogen and oxygen atoms in total. The zero-order chi connectivity index (χ0) is 41.6. The predicted molar refractivity (Wildman–Crippen MR) is 263 cm³/mol. The van der Waals surface area contributed by atoms with Crippen LogP contribution in [-0.2, 0) is 5.41 Å². The molecule has 0 unspecified atom stereocenters. The summed E-state index contributed by atoms with van der Waals surface area (Å²) in [6.07, 6.45) is 0. The van der Waals surface area contributed by atoms with Gasteiger partial charge in [-0.05, 0) is 132 Å². The molecular formula is C61H45N. The Balaban J connectivity index is 1.00. The van der Waals surface area contributed by atoms with E-state index in [4.69, 9.17) is 0 Å². The zero-order valence-corrected chi connectivity index (χ0v) is 35.0. The van der Waals surface area contributed by atoms with Crippen LogP contribution >= 0.6 is 0 Å². The molecule has 11 rings (SSSR count). The zero-order valence-electron chi connectivity index (χ0n) is 35.0.